The number of methoxy groups -OCH3 is 2. The van der Waals surface area contributed by atoms with Gasteiger partial charge in [-0.05, 0) is 55.8 Å². The molecule has 5 rings (SSSR count). The van der Waals surface area contributed by atoms with Crippen LogP contribution in [0.1, 0.15) is 39.0 Å². The van der Waals surface area contributed by atoms with Gasteiger partial charge in [-0.2, -0.15) is 0 Å². The summed E-state index contributed by atoms with van der Waals surface area (Å²) in [6, 6.07) is 0. The lowest BCUT2D eigenvalue weighted by Gasteiger charge is -2.61. The molecule has 5 fully saturated rings. The van der Waals surface area contributed by atoms with E-state index in [9.17, 15) is 9.59 Å². The quantitative estimate of drug-likeness (QED) is 0.725. The van der Waals surface area contributed by atoms with Gasteiger partial charge < -0.3 is 9.47 Å². The summed E-state index contributed by atoms with van der Waals surface area (Å²) in [6.07, 6.45) is 6.30. The van der Waals surface area contributed by atoms with E-state index in [1.165, 1.54) is 46.3 Å². The predicted octanol–water partition coefficient (Wildman–Crippen LogP) is 2.90. The van der Waals surface area contributed by atoms with Gasteiger partial charge in [0.1, 0.15) is 0 Å². The Morgan fingerprint density at radius 3 is 1.91 bits per heavy atom. The van der Waals surface area contributed by atoms with E-state index >= 15 is 0 Å². The molecule has 1 aliphatic heterocycles. The third-order valence-corrected chi connectivity index (χ3v) is 9.08. The summed E-state index contributed by atoms with van der Waals surface area (Å²) in [5, 5.41) is 0.115. The highest BCUT2D eigenvalue weighted by Gasteiger charge is 2.69. The van der Waals surface area contributed by atoms with E-state index in [4.69, 9.17) is 9.47 Å². The van der Waals surface area contributed by atoms with Crippen LogP contribution in [0.25, 0.3) is 0 Å². The largest absolute Gasteiger partial charge is 0.469 e. The van der Waals surface area contributed by atoms with Gasteiger partial charge in [0.2, 0.25) is 0 Å². The summed E-state index contributed by atoms with van der Waals surface area (Å²) in [5.41, 5.74) is 0. The molecule has 5 heteroatoms. The van der Waals surface area contributed by atoms with E-state index in [1.807, 2.05) is 11.8 Å². The summed E-state index contributed by atoms with van der Waals surface area (Å²) in [5.74, 6) is 1.65. The Balaban J connectivity index is 1.77. The molecule has 0 radical (unpaired) electrons. The monoisotopic (exact) mass is 338 g/mol. The minimum Gasteiger partial charge on any atom is -0.469 e. The second-order valence-electron chi connectivity index (χ2n) is 8.03. The lowest BCUT2D eigenvalue weighted by molar-refractivity contribution is -0.163. The highest BCUT2D eigenvalue weighted by molar-refractivity contribution is 8.01. The maximum absolute atomic E-state index is 12.7. The predicted molar refractivity (Wildman–Crippen MR) is 87.8 cm³/mol. The van der Waals surface area contributed by atoms with Crippen molar-refractivity contribution in [1.82, 2.24) is 0 Å². The van der Waals surface area contributed by atoms with Crippen LogP contribution in [0.4, 0.5) is 0 Å². The molecular formula is C18H26O4S. The first kappa shape index (κ1) is 15.8. The summed E-state index contributed by atoms with van der Waals surface area (Å²) in [7, 11) is 2.88. The maximum atomic E-state index is 12.7. The highest BCUT2D eigenvalue weighted by atomic mass is 32.2. The van der Waals surface area contributed by atoms with Crippen molar-refractivity contribution in [2.75, 3.05) is 14.2 Å². The molecule has 1 spiro atoms. The third kappa shape index (κ3) is 2.04. The minimum atomic E-state index is -0.366. The Kier molecular flexibility index (Phi) is 3.71. The standard InChI is InChI=1S/C18H26O4S/c1-9-14(16(19)21-2)15(17(20)22-3)18(23-9)12-5-10-4-11(7-12)8-13(18)6-10/h9-15H,4-8H2,1-3H3/t9-,10?,11?,12?,13?,14+,15+,18?/m0/s1. The van der Waals surface area contributed by atoms with Crippen molar-refractivity contribution < 1.29 is 19.1 Å². The third-order valence-electron chi connectivity index (χ3n) is 7.08. The van der Waals surface area contributed by atoms with Crippen molar-refractivity contribution in [3.63, 3.8) is 0 Å². The molecule has 0 amide bonds. The van der Waals surface area contributed by atoms with Gasteiger partial charge in [0.15, 0.2) is 0 Å². The van der Waals surface area contributed by atoms with Crippen molar-refractivity contribution in [2.45, 2.75) is 49.0 Å². The van der Waals surface area contributed by atoms with E-state index < -0.39 is 0 Å². The second kappa shape index (κ2) is 5.40. The van der Waals surface area contributed by atoms with Crippen molar-refractivity contribution in [3.05, 3.63) is 0 Å². The molecule has 1 saturated heterocycles. The molecule has 128 valence electrons. The van der Waals surface area contributed by atoms with Crippen molar-refractivity contribution in [3.8, 4) is 0 Å². The fourth-order valence-electron chi connectivity index (χ4n) is 6.56. The van der Waals surface area contributed by atoms with E-state index in [0.717, 1.165) is 11.8 Å². The number of hydrogen-bond donors (Lipinski definition) is 0. The smallest absolute Gasteiger partial charge is 0.311 e. The molecule has 5 aliphatic rings. The number of thioether (sulfide) groups is 1. The second-order valence-corrected chi connectivity index (χ2v) is 9.72. The fourth-order valence-corrected chi connectivity index (χ4v) is 8.78. The number of ether oxygens (including phenoxy) is 2. The van der Waals surface area contributed by atoms with Crippen LogP contribution in [-0.4, -0.2) is 36.2 Å². The molecule has 0 unspecified atom stereocenters. The molecule has 4 nitrogen and oxygen atoms in total. The van der Waals surface area contributed by atoms with Gasteiger partial charge in [0, 0.05) is 10.00 Å². The minimum absolute atomic E-state index is 0.0984. The molecule has 3 atom stereocenters. The average Bonchev–Trinajstić information content (AvgIpc) is 2.84. The number of hydrogen-bond acceptors (Lipinski definition) is 5. The van der Waals surface area contributed by atoms with Crippen LogP contribution in [0.5, 0.6) is 0 Å². The molecule has 23 heavy (non-hydrogen) atoms. The Labute approximate surface area is 142 Å². The lowest BCUT2D eigenvalue weighted by atomic mass is 9.48. The summed E-state index contributed by atoms with van der Waals surface area (Å²) in [6.45, 7) is 2.09. The van der Waals surface area contributed by atoms with Crippen LogP contribution < -0.4 is 0 Å². The van der Waals surface area contributed by atoms with Crippen molar-refractivity contribution in [2.24, 2.45) is 35.5 Å². The molecule has 0 N–H and O–H groups in total. The molecular weight excluding hydrogens is 312 g/mol. The van der Waals surface area contributed by atoms with E-state index in [1.54, 1.807) is 0 Å². The summed E-state index contributed by atoms with van der Waals surface area (Å²) < 4.78 is 10.1. The first-order valence-corrected chi connectivity index (χ1v) is 9.72. The first-order valence-electron chi connectivity index (χ1n) is 8.84. The van der Waals surface area contributed by atoms with E-state index in [2.05, 4.69) is 6.92 Å². The number of rotatable bonds is 2. The van der Waals surface area contributed by atoms with Gasteiger partial charge in [0.25, 0.3) is 0 Å². The van der Waals surface area contributed by atoms with Crippen molar-refractivity contribution in [1.29, 1.82) is 0 Å². The SMILES string of the molecule is COC(=O)[C@@H]1[C@H](C)SC2(C3CC4CC(C3)CC2C4)[C@H]1C(=O)OC. The van der Waals surface area contributed by atoms with Gasteiger partial charge in [-0.25, -0.2) is 0 Å². The molecule has 0 aromatic carbocycles. The van der Waals surface area contributed by atoms with E-state index in [0.29, 0.717) is 11.8 Å². The van der Waals surface area contributed by atoms with Gasteiger partial charge in [0.05, 0.1) is 26.1 Å². The topological polar surface area (TPSA) is 52.6 Å². The Hall–Kier alpha value is -0.710. The van der Waals surface area contributed by atoms with Gasteiger partial charge >= 0.3 is 11.9 Å². The average molecular weight is 338 g/mol. The van der Waals surface area contributed by atoms with E-state index in [-0.39, 0.29) is 33.8 Å². The van der Waals surface area contributed by atoms with Crippen LogP contribution in [0, 0.1) is 35.5 Å². The summed E-state index contributed by atoms with van der Waals surface area (Å²) >= 11 is 1.91. The van der Waals surface area contributed by atoms with Crippen LogP contribution in [0.15, 0.2) is 0 Å². The first-order chi connectivity index (χ1) is 11.0. The fraction of sp³-hybridized carbons (Fsp3) is 0.889. The molecule has 4 bridgehead atoms. The molecule has 4 aliphatic carbocycles. The molecule has 1 heterocycles. The number of carbonyl (C=O) groups is 2. The van der Waals surface area contributed by atoms with Crippen LogP contribution >= 0.6 is 11.8 Å². The highest BCUT2D eigenvalue weighted by Crippen LogP contribution is 2.70. The van der Waals surface area contributed by atoms with Crippen molar-refractivity contribution >= 4 is 23.7 Å². The lowest BCUT2D eigenvalue weighted by Crippen LogP contribution is -2.60. The number of carbonyl (C=O) groups excluding carboxylic acids is 2. The molecule has 4 saturated carbocycles. The zero-order valence-corrected chi connectivity index (χ0v) is 14.9. The van der Waals surface area contributed by atoms with Crippen LogP contribution in [-0.2, 0) is 19.1 Å². The molecule has 0 aromatic heterocycles. The zero-order valence-electron chi connectivity index (χ0n) is 14.1. The van der Waals surface area contributed by atoms with Gasteiger partial charge in [-0.15, -0.1) is 11.8 Å². The zero-order chi connectivity index (χ0) is 16.4. The maximum Gasteiger partial charge on any atom is 0.311 e. The van der Waals surface area contributed by atoms with Crippen LogP contribution in [0.2, 0.25) is 0 Å². The van der Waals surface area contributed by atoms with Gasteiger partial charge in [-0.3, -0.25) is 9.59 Å². The molecule has 0 aromatic rings. The normalized spacial score (nSPS) is 50.3. The Morgan fingerprint density at radius 1 is 0.913 bits per heavy atom. The van der Waals surface area contributed by atoms with Crippen LogP contribution in [0.3, 0.4) is 0 Å². The van der Waals surface area contributed by atoms with Gasteiger partial charge in [-0.1, -0.05) is 6.92 Å². The summed E-state index contributed by atoms with van der Waals surface area (Å²) in [4.78, 5) is 25.2. The Bertz CT molecular complexity index is 503. The Morgan fingerprint density at radius 2 is 1.43 bits per heavy atom. The number of esters is 2.